The monoisotopic (exact) mass is 325 g/mol. The van der Waals surface area contributed by atoms with Crippen LogP contribution < -0.4 is 15.3 Å². The Morgan fingerprint density at radius 3 is 2.54 bits per heavy atom. The van der Waals surface area contributed by atoms with Crippen LogP contribution in [0.4, 0.5) is 11.6 Å². The highest BCUT2D eigenvalue weighted by atomic mass is 16.5. The van der Waals surface area contributed by atoms with E-state index < -0.39 is 5.91 Å². The van der Waals surface area contributed by atoms with Gasteiger partial charge in [-0.1, -0.05) is 12.1 Å². The number of aryl methyl sites for hydroxylation is 1. The minimum absolute atomic E-state index is 0.243. The third-order valence-corrected chi connectivity index (χ3v) is 4.83. The second kappa shape index (κ2) is 5.76. The van der Waals surface area contributed by atoms with Crippen LogP contribution in [-0.2, 0) is 0 Å². The van der Waals surface area contributed by atoms with Crippen molar-refractivity contribution in [1.82, 2.24) is 15.4 Å². The maximum absolute atomic E-state index is 11.3. The Labute approximate surface area is 139 Å². The van der Waals surface area contributed by atoms with Crippen molar-refractivity contribution < 1.29 is 10.0 Å². The Morgan fingerprint density at radius 2 is 1.92 bits per heavy atom. The zero-order valence-corrected chi connectivity index (χ0v) is 13.4. The Bertz CT molecular complexity index is 764. The summed E-state index contributed by atoms with van der Waals surface area (Å²) in [5, 5.41) is 8.64. The molecule has 2 aromatic rings. The van der Waals surface area contributed by atoms with Gasteiger partial charge < -0.3 is 9.80 Å². The minimum atomic E-state index is -0.602. The molecular weight excluding hydrogens is 306 g/mol. The molecule has 3 heterocycles. The predicted molar refractivity (Wildman–Crippen MR) is 89.3 cm³/mol. The molecule has 2 bridgehead atoms. The normalized spacial score (nSPS) is 22.1. The lowest BCUT2D eigenvalue weighted by atomic mass is 10.2. The van der Waals surface area contributed by atoms with Crippen LogP contribution in [0.15, 0.2) is 36.7 Å². The number of rotatable bonds is 3. The fourth-order valence-electron chi connectivity index (χ4n) is 3.69. The topological polar surface area (TPSA) is 81.6 Å². The molecule has 0 aliphatic carbocycles. The van der Waals surface area contributed by atoms with Gasteiger partial charge in [-0.3, -0.25) is 10.0 Å². The molecular formula is C17H19N5O2. The van der Waals surface area contributed by atoms with Crippen LogP contribution in [0.5, 0.6) is 0 Å². The molecule has 7 heteroatoms. The van der Waals surface area contributed by atoms with Gasteiger partial charge in [0.2, 0.25) is 5.95 Å². The molecule has 24 heavy (non-hydrogen) atoms. The fourth-order valence-corrected chi connectivity index (χ4v) is 3.69. The van der Waals surface area contributed by atoms with E-state index in [1.165, 1.54) is 23.6 Å². The van der Waals surface area contributed by atoms with E-state index in [4.69, 9.17) is 5.21 Å². The van der Waals surface area contributed by atoms with Crippen LogP contribution in [0.3, 0.4) is 0 Å². The number of nitrogens with zero attached hydrogens (tertiary/aromatic N) is 4. The molecule has 4 rings (SSSR count). The summed E-state index contributed by atoms with van der Waals surface area (Å²) in [5.41, 5.74) is 4.38. The summed E-state index contributed by atoms with van der Waals surface area (Å²) in [6.45, 7) is 3.95. The van der Waals surface area contributed by atoms with Crippen LogP contribution in [-0.4, -0.2) is 46.3 Å². The quantitative estimate of drug-likeness (QED) is 0.655. The van der Waals surface area contributed by atoms with Crippen molar-refractivity contribution in [2.24, 2.45) is 0 Å². The molecule has 0 saturated carbocycles. The van der Waals surface area contributed by atoms with Crippen molar-refractivity contribution >= 4 is 17.5 Å². The van der Waals surface area contributed by atoms with Crippen molar-refractivity contribution in [1.29, 1.82) is 0 Å². The van der Waals surface area contributed by atoms with Gasteiger partial charge in [-0.05, 0) is 31.0 Å². The lowest BCUT2D eigenvalue weighted by molar-refractivity contribution is 0.0705. The molecule has 7 nitrogen and oxygen atoms in total. The lowest BCUT2D eigenvalue weighted by Crippen LogP contribution is -2.47. The first-order valence-electron chi connectivity index (χ1n) is 8.02. The number of amides is 1. The average Bonchev–Trinajstić information content (AvgIpc) is 3.22. The van der Waals surface area contributed by atoms with Crippen LogP contribution in [0.25, 0.3) is 0 Å². The van der Waals surface area contributed by atoms with E-state index in [0.29, 0.717) is 18.0 Å². The van der Waals surface area contributed by atoms with Gasteiger partial charge in [0.05, 0.1) is 11.6 Å². The van der Waals surface area contributed by atoms with E-state index in [-0.39, 0.29) is 5.56 Å². The van der Waals surface area contributed by atoms with Crippen LogP contribution in [0.2, 0.25) is 0 Å². The first kappa shape index (κ1) is 14.9. The molecule has 2 unspecified atom stereocenters. The summed E-state index contributed by atoms with van der Waals surface area (Å²) in [7, 11) is 0. The number of nitrogens with one attached hydrogen (secondary N) is 1. The van der Waals surface area contributed by atoms with Crippen LogP contribution in [0, 0.1) is 6.92 Å². The van der Waals surface area contributed by atoms with Crippen LogP contribution >= 0.6 is 0 Å². The molecule has 2 aliphatic heterocycles. The van der Waals surface area contributed by atoms with Crippen molar-refractivity contribution in [3.05, 3.63) is 47.8 Å². The van der Waals surface area contributed by atoms with E-state index in [2.05, 4.69) is 51.0 Å². The SMILES string of the molecule is Cc1cccc(N2CC3CC2CN3c2ncc(C(=O)NO)cn2)c1. The van der Waals surface area contributed by atoms with Gasteiger partial charge in [-0.2, -0.15) is 0 Å². The number of hydrogen-bond acceptors (Lipinski definition) is 6. The van der Waals surface area contributed by atoms with E-state index in [1.54, 1.807) is 5.48 Å². The number of benzene rings is 1. The average molecular weight is 325 g/mol. The largest absolute Gasteiger partial charge is 0.365 e. The molecule has 2 fully saturated rings. The van der Waals surface area contributed by atoms with Crippen molar-refractivity contribution in [2.45, 2.75) is 25.4 Å². The molecule has 2 saturated heterocycles. The molecule has 0 radical (unpaired) electrons. The Hall–Kier alpha value is -2.67. The zero-order chi connectivity index (χ0) is 16.7. The molecule has 2 N–H and O–H groups in total. The lowest BCUT2D eigenvalue weighted by Gasteiger charge is -2.35. The number of fused-ring (bicyclic) bond motifs is 2. The minimum Gasteiger partial charge on any atom is -0.365 e. The number of carbonyl (C=O) groups excluding carboxylic acids is 1. The summed E-state index contributed by atoms with van der Waals surface area (Å²) in [5.74, 6) is 0.0380. The standard InChI is InChI=1S/C17H19N5O2/c1-11-3-2-4-13(5-11)21-9-15-6-14(21)10-22(15)17-18-7-12(8-19-17)16(23)20-24/h2-5,7-8,14-15,24H,6,9-10H2,1H3,(H,20,23). The van der Waals surface area contributed by atoms with Gasteiger partial charge in [0.1, 0.15) is 0 Å². The van der Waals surface area contributed by atoms with Gasteiger partial charge in [0.25, 0.3) is 5.91 Å². The summed E-state index contributed by atoms with van der Waals surface area (Å²) in [6, 6.07) is 9.44. The van der Waals surface area contributed by atoms with E-state index in [0.717, 1.165) is 19.5 Å². The number of hydrogen-bond donors (Lipinski definition) is 2. The van der Waals surface area contributed by atoms with E-state index in [1.807, 2.05) is 0 Å². The molecule has 1 aromatic heterocycles. The molecule has 1 aromatic carbocycles. The number of carbonyl (C=O) groups is 1. The van der Waals surface area contributed by atoms with Gasteiger partial charge in [-0.15, -0.1) is 0 Å². The summed E-state index contributed by atoms with van der Waals surface area (Å²) in [4.78, 5) is 24.6. The molecule has 2 aliphatic rings. The van der Waals surface area contributed by atoms with Crippen molar-refractivity contribution in [3.63, 3.8) is 0 Å². The molecule has 0 spiro atoms. The van der Waals surface area contributed by atoms with Gasteiger partial charge in [-0.25, -0.2) is 15.4 Å². The van der Waals surface area contributed by atoms with Gasteiger partial charge in [0, 0.05) is 37.2 Å². The first-order valence-corrected chi connectivity index (χ1v) is 8.02. The first-order chi connectivity index (χ1) is 11.7. The maximum Gasteiger partial charge on any atom is 0.277 e. The maximum atomic E-state index is 11.3. The fraction of sp³-hybridized carbons (Fsp3) is 0.353. The third-order valence-electron chi connectivity index (χ3n) is 4.83. The number of piperazine rings is 1. The smallest absolute Gasteiger partial charge is 0.277 e. The van der Waals surface area contributed by atoms with E-state index in [9.17, 15) is 4.79 Å². The number of aromatic nitrogens is 2. The summed E-state index contributed by atoms with van der Waals surface area (Å²) < 4.78 is 0. The Morgan fingerprint density at radius 1 is 1.21 bits per heavy atom. The van der Waals surface area contributed by atoms with Crippen LogP contribution in [0.1, 0.15) is 22.3 Å². The van der Waals surface area contributed by atoms with E-state index >= 15 is 0 Å². The number of anilines is 2. The molecule has 2 atom stereocenters. The molecule has 124 valence electrons. The Balaban J connectivity index is 1.49. The number of hydroxylamine groups is 1. The predicted octanol–water partition coefficient (Wildman–Crippen LogP) is 1.37. The summed E-state index contributed by atoms with van der Waals surface area (Å²) in [6.07, 6.45) is 3.98. The highest BCUT2D eigenvalue weighted by Gasteiger charge is 2.44. The zero-order valence-electron chi connectivity index (χ0n) is 13.4. The van der Waals surface area contributed by atoms with Gasteiger partial charge >= 0.3 is 0 Å². The second-order valence-electron chi connectivity index (χ2n) is 6.40. The van der Waals surface area contributed by atoms with Gasteiger partial charge in [0.15, 0.2) is 0 Å². The molecule has 1 amide bonds. The Kier molecular flexibility index (Phi) is 3.57. The second-order valence-corrected chi connectivity index (χ2v) is 6.40. The van der Waals surface area contributed by atoms with Crippen molar-refractivity contribution in [3.8, 4) is 0 Å². The third kappa shape index (κ3) is 2.46. The van der Waals surface area contributed by atoms with Crippen molar-refractivity contribution in [2.75, 3.05) is 22.9 Å². The highest BCUT2D eigenvalue weighted by Crippen LogP contribution is 2.36. The highest BCUT2D eigenvalue weighted by molar-refractivity contribution is 5.92. The summed E-state index contributed by atoms with van der Waals surface area (Å²) >= 11 is 0.